The van der Waals surface area contributed by atoms with Crippen molar-refractivity contribution in [2.45, 2.75) is 25.9 Å². The summed E-state index contributed by atoms with van der Waals surface area (Å²) in [7, 11) is 0. The van der Waals surface area contributed by atoms with Crippen molar-refractivity contribution in [2.75, 3.05) is 31.6 Å². The van der Waals surface area contributed by atoms with Crippen molar-refractivity contribution >= 4 is 40.7 Å². The number of carbonyl (C=O) groups is 2. The highest BCUT2D eigenvalue weighted by molar-refractivity contribution is 7.14. The molecule has 2 amide bonds. The third-order valence-electron chi connectivity index (χ3n) is 4.22. The van der Waals surface area contributed by atoms with Crippen LogP contribution in [0.1, 0.15) is 18.9 Å². The van der Waals surface area contributed by atoms with E-state index >= 15 is 0 Å². The van der Waals surface area contributed by atoms with Crippen molar-refractivity contribution in [1.29, 1.82) is 0 Å². The lowest BCUT2D eigenvalue weighted by Gasteiger charge is -2.22. The van der Waals surface area contributed by atoms with Gasteiger partial charge in [-0.2, -0.15) is 0 Å². The van der Waals surface area contributed by atoms with Crippen LogP contribution in [0.5, 0.6) is 0 Å². The lowest BCUT2D eigenvalue weighted by Crippen LogP contribution is -2.45. The Balaban J connectivity index is 0.00000280. The second kappa shape index (κ2) is 11.1. The standard InChI is InChI=1S/C19H24N4O3S.ClH/c1-13(24)21-8-2-3-14-4-6-15(7-5-14)16-12-27-19(22-16)23-18(25)17-11-20-9-10-26-17;/h4-7,12,17,20H,2-3,8-11H2,1H3,(H,21,24)(H,22,23,25);1H. The van der Waals surface area contributed by atoms with Crippen molar-refractivity contribution in [3.05, 3.63) is 35.2 Å². The number of hydrogen-bond donors (Lipinski definition) is 3. The maximum absolute atomic E-state index is 12.2. The summed E-state index contributed by atoms with van der Waals surface area (Å²) in [6.45, 7) is 4.05. The van der Waals surface area contributed by atoms with Crippen LogP contribution in [-0.2, 0) is 20.7 Å². The smallest absolute Gasteiger partial charge is 0.256 e. The minimum atomic E-state index is -0.470. The van der Waals surface area contributed by atoms with E-state index in [1.54, 1.807) is 0 Å². The number of benzene rings is 1. The maximum Gasteiger partial charge on any atom is 0.256 e. The lowest BCUT2D eigenvalue weighted by molar-refractivity contribution is -0.128. The van der Waals surface area contributed by atoms with Crippen LogP contribution in [0.15, 0.2) is 29.6 Å². The van der Waals surface area contributed by atoms with Crippen molar-refractivity contribution in [2.24, 2.45) is 0 Å². The van der Waals surface area contributed by atoms with E-state index in [2.05, 4.69) is 33.1 Å². The van der Waals surface area contributed by atoms with E-state index in [1.165, 1.54) is 23.8 Å². The summed E-state index contributed by atoms with van der Waals surface area (Å²) in [4.78, 5) is 27.6. The number of aryl methyl sites for hydroxylation is 1. The summed E-state index contributed by atoms with van der Waals surface area (Å²) < 4.78 is 5.45. The Morgan fingerprint density at radius 2 is 2.11 bits per heavy atom. The fourth-order valence-electron chi connectivity index (χ4n) is 2.78. The summed E-state index contributed by atoms with van der Waals surface area (Å²) in [6.07, 6.45) is 1.35. The Morgan fingerprint density at radius 1 is 1.32 bits per heavy atom. The van der Waals surface area contributed by atoms with E-state index in [-0.39, 0.29) is 24.2 Å². The summed E-state index contributed by atoms with van der Waals surface area (Å²) in [5.41, 5.74) is 3.06. The third-order valence-corrected chi connectivity index (χ3v) is 4.98. The molecule has 1 aromatic heterocycles. The zero-order valence-electron chi connectivity index (χ0n) is 15.7. The van der Waals surface area contributed by atoms with E-state index in [0.29, 0.717) is 24.8 Å². The lowest BCUT2D eigenvalue weighted by atomic mass is 10.1. The van der Waals surface area contributed by atoms with Gasteiger partial charge in [0.15, 0.2) is 5.13 Å². The number of rotatable bonds is 7. The topological polar surface area (TPSA) is 92.4 Å². The number of nitrogens with one attached hydrogen (secondary N) is 3. The molecule has 2 heterocycles. The van der Waals surface area contributed by atoms with Crippen molar-refractivity contribution < 1.29 is 14.3 Å². The van der Waals surface area contributed by atoms with Crippen molar-refractivity contribution in [1.82, 2.24) is 15.6 Å². The van der Waals surface area contributed by atoms with Gasteiger partial charge in [0, 0.05) is 37.5 Å². The predicted molar refractivity (Wildman–Crippen MR) is 113 cm³/mol. The van der Waals surface area contributed by atoms with Gasteiger partial charge in [-0.3, -0.25) is 14.9 Å². The third kappa shape index (κ3) is 6.56. The van der Waals surface area contributed by atoms with Gasteiger partial charge in [0.1, 0.15) is 6.10 Å². The molecule has 0 bridgehead atoms. The fraction of sp³-hybridized carbons (Fsp3) is 0.421. The van der Waals surface area contributed by atoms with E-state index in [4.69, 9.17) is 4.74 Å². The van der Waals surface area contributed by atoms with Gasteiger partial charge in [-0.25, -0.2) is 4.98 Å². The molecule has 2 aromatic rings. The summed E-state index contributed by atoms with van der Waals surface area (Å²) in [5, 5.41) is 11.3. The van der Waals surface area contributed by atoms with E-state index in [0.717, 1.165) is 30.6 Å². The van der Waals surface area contributed by atoms with Gasteiger partial charge in [0.2, 0.25) is 5.91 Å². The molecule has 3 N–H and O–H groups in total. The molecule has 1 aliphatic rings. The minimum absolute atomic E-state index is 0. The number of morpholine rings is 1. The average Bonchev–Trinajstić information content (AvgIpc) is 3.15. The van der Waals surface area contributed by atoms with E-state index < -0.39 is 6.10 Å². The first-order chi connectivity index (χ1) is 13.1. The molecule has 0 aliphatic carbocycles. The highest BCUT2D eigenvalue weighted by Crippen LogP contribution is 2.25. The molecule has 1 aliphatic heterocycles. The number of anilines is 1. The van der Waals surface area contributed by atoms with Crippen LogP contribution in [0.4, 0.5) is 5.13 Å². The molecular formula is C19H25ClN4O3S. The number of nitrogens with zero attached hydrogens (tertiary/aromatic N) is 1. The Morgan fingerprint density at radius 3 is 2.79 bits per heavy atom. The van der Waals surface area contributed by atoms with Crippen LogP contribution < -0.4 is 16.0 Å². The number of amides is 2. The van der Waals surface area contributed by atoms with Gasteiger partial charge < -0.3 is 15.4 Å². The number of thiazole rings is 1. The van der Waals surface area contributed by atoms with Gasteiger partial charge in [-0.15, -0.1) is 23.7 Å². The van der Waals surface area contributed by atoms with Gasteiger partial charge in [0.05, 0.1) is 12.3 Å². The normalized spacial score (nSPS) is 16.1. The second-order valence-electron chi connectivity index (χ2n) is 6.37. The van der Waals surface area contributed by atoms with E-state index in [9.17, 15) is 9.59 Å². The van der Waals surface area contributed by atoms with Gasteiger partial charge in [0.25, 0.3) is 5.91 Å². The Kier molecular flexibility index (Phi) is 8.85. The molecule has 1 unspecified atom stereocenters. The predicted octanol–water partition coefficient (Wildman–Crippen LogP) is 2.23. The molecule has 0 spiro atoms. The number of halogens is 1. The number of carbonyl (C=O) groups excluding carboxylic acids is 2. The molecular weight excluding hydrogens is 400 g/mol. The first kappa shape index (κ1) is 22.3. The zero-order chi connectivity index (χ0) is 19.1. The summed E-state index contributed by atoms with van der Waals surface area (Å²) in [5.74, 6) is -0.166. The largest absolute Gasteiger partial charge is 0.366 e. The second-order valence-corrected chi connectivity index (χ2v) is 7.23. The van der Waals surface area contributed by atoms with Crippen LogP contribution in [0.3, 0.4) is 0 Å². The monoisotopic (exact) mass is 424 g/mol. The first-order valence-corrected chi connectivity index (χ1v) is 9.92. The number of aromatic nitrogens is 1. The van der Waals surface area contributed by atoms with Crippen LogP contribution in [0.2, 0.25) is 0 Å². The molecule has 1 atom stereocenters. The molecule has 0 saturated carbocycles. The fourth-order valence-corrected chi connectivity index (χ4v) is 3.51. The van der Waals surface area contributed by atoms with Crippen LogP contribution in [0, 0.1) is 0 Å². The quantitative estimate of drug-likeness (QED) is 0.593. The average molecular weight is 425 g/mol. The Bertz CT molecular complexity index is 776. The summed E-state index contributed by atoms with van der Waals surface area (Å²) >= 11 is 1.40. The number of hydrogen-bond acceptors (Lipinski definition) is 6. The molecule has 28 heavy (non-hydrogen) atoms. The molecule has 1 fully saturated rings. The van der Waals surface area contributed by atoms with Crippen molar-refractivity contribution in [3.63, 3.8) is 0 Å². The highest BCUT2D eigenvalue weighted by Gasteiger charge is 2.22. The Labute approximate surface area is 174 Å². The van der Waals surface area contributed by atoms with E-state index in [1.807, 2.05) is 17.5 Å². The van der Waals surface area contributed by atoms with Crippen LogP contribution in [0.25, 0.3) is 11.3 Å². The molecule has 7 nitrogen and oxygen atoms in total. The molecule has 1 aromatic carbocycles. The maximum atomic E-state index is 12.2. The van der Waals surface area contributed by atoms with Crippen LogP contribution >= 0.6 is 23.7 Å². The first-order valence-electron chi connectivity index (χ1n) is 9.04. The van der Waals surface area contributed by atoms with Gasteiger partial charge in [-0.1, -0.05) is 24.3 Å². The zero-order valence-corrected chi connectivity index (χ0v) is 17.3. The molecule has 0 radical (unpaired) electrons. The van der Waals surface area contributed by atoms with Crippen molar-refractivity contribution in [3.8, 4) is 11.3 Å². The number of ether oxygens (including phenoxy) is 1. The highest BCUT2D eigenvalue weighted by atomic mass is 35.5. The SMILES string of the molecule is CC(=O)NCCCc1ccc(-c2csc(NC(=O)C3CNCCO3)n2)cc1.Cl. The Hall–Kier alpha value is -2.00. The minimum Gasteiger partial charge on any atom is -0.366 e. The molecule has 3 rings (SSSR count). The van der Waals surface area contributed by atoms with Gasteiger partial charge in [-0.05, 0) is 18.4 Å². The van der Waals surface area contributed by atoms with Gasteiger partial charge >= 0.3 is 0 Å². The molecule has 9 heteroatoms. The molecule has 152 valence electrons. The van der Waals surface area contributed by atoms with Crippen LogP contribution in [-0.4, -0.2) is 49.1 Å². The molecule has 1 saturated heterocycles. The summed E-state index contributed by atoms with van der Waals surface area (Å²) in [6, 6.07) is 8.20.